The third kappa shape index (κ3) is 6.28. The Morgan fingerprint density at radius 2 is 2.00 bits per heavy atom. The van der Waals surface area contributed by atoms with Gasteiger partial charge in [-0.3, -0.25) is 4.99 Å². The molecular weight excluding hydrogens is 356 g/mol. The van der Waals surface area contributed by atoms with Crippen LogP contribution < -0.4 is 15.5 Å². The van der Waals surface area contributed by atoms with Crippen LogP contribution in [0.4, 0.5) is 5.69 Å². The van der Waals surface area contributed by atoms with Gasteiger partial charge < -0.3 is 29.4 Å². The van der Waals surface area contributed by atoms with Gasteiger partial charge in [0.15, 0.2) is 5.96 Å². The van der Waals surface area contributed by atoms with Gasteiger partial charge in [0.25, 0.3) is 0 Å². The van der Waals surface area contributed by atoms with Crippen LogP contribution in [0, 0.1) is 0 Å². The smallest absolute Gasteiger partial charge is 0.191 e. The third-order valence-corrected chi connectivity index (χ3v) is 4.60. The fourth-order valence-corrected chi connectivity index (χ4v) is 3.12. The van der Waals surface area contributed by atoms with E-state index in [1.54, 1.807) is 13.3 Å². The Morgan fingerprint density at radius 1 is 1.14 bits per heavy atom. The van der Waals surface area contributed by atoms with Crippen molar-refractivity contribution in [2.75, 3.05) is 51.4 Å². The maximum Gasteiger partial charge on any atom is 0.191 e. The number of aliphatic imine (C=N–C) groups is 1. The van der Waals surface area contributed by atoms with Crippen LogP contribution in [0.25, 0.3) is 0 Å². The quantitative estimate of drug-likeness (QED) is 0.392. The Bertz CT molecular complexity index is 712. The van der Waals surface area contributed by atoms with Gasteiger partial charge in [-0.2, -0.15) is 0 Å². The summed E-state index contributed by atoms with van der Waals surface area (Å²) in [5, 5.41) is 6.74. The van der Waals surface area contributed by atoms with Crippen LogP contribution in [0.2, 0.25) is 0 Å². The predicted octanol–water partition coefficient (Wildman–Crippen LogP) is 2.39. The Kier molecular flexibility index (Phi) is 8.21. The Morgan fingerprint density at radius 3 is 2.79 bits per heavy atom. The molecule has 2 N–H and O–H groups in total. The van der Waals surface area contributed by atoms with E-state index in [-0.39, 0.29) is 0 Å². The first-order valence-corrected chi connectivity index (χ1v) is 9.82. The lowest BCUT2D eigenvalue weighted by atomic mass is 10.1. The largest absolute Gasteiger partial charge is 0.467 e. The molecule has 1 aliphatic rings. The molecule has 0 atom stereocenters. The monoisotopic (exact) mass is 386 g/mol. The zero-order chi connectivity index (χ0) is 19.4. The molecule has 1 fully saturated rings. The number of para-hydroxylation sites is 1. The molecule has 152 valence electrons. The molecule has 7 nitrogen and oxygen atoms in total. The summed E-state index contributed by atoms with van der Waals surface area (Å²) in [6.45, 7) is 6.14. The minimum Gasteiger partial charge on any atom is -0.467 e. The molecule has 0 aliphatic carbocycles. The van der Waals surface area contributed by atoms with Crippen molar-refractivity contribution in [3.63, 3.8) is 0 Å². The second kappa shape index (κ2) is 11.4. The highest BCUT2D eigenvalue weighted by Gasteiger charge is 2.14. The van der Waals surface area contributed by atoms with Crippen molar-refractivity contribution in [2.45, 2.75) is 19.6 Å². The molecule has 1 aromatic carbocycles. The summed E-state index contributed by atoms with van der Waals surface area (Å²) in [4.78, 5) is 6.69. The van der Waals surface area contributed by atoms with Crippen molar-refractivity contribution < 1.29 is 13.9 Å². The van der Waals surface area contributed by atoms with Gasteiger partial charge in [0, 0.05) is 45.5 Å². The summed E-state index contributed by atoms with van der Waals surface area (Å²) >= 11 is 0. The topological polar surface area (TPSA) is 71.3 Å². The minimum absolute atomic E-state index is 0.512. The fraction of sp³-hybridized carbons (Fsp3) is 0.476. The number of nitrogens with one attached hydrogen (secondary N) is 2. The maximum absolute atomic E-state index is 5.60. The first kappa shape index (κ1) is 20.2. The lowest BCUT2D eigenvalue weighted by molar-refractivity contribution is 0.105. The minimum atomic E-state index is 0.512. The molecule has 2 aromatic rings. The van der Waals surface area contributed by atoms with Crippen LogP contribution in [-0.4, -0.2) is 52.5 Å². The number of rotatable bonds is 9. The number of furan rings is 1. The molecule has 0 amide bonds. The van der Waals surface area contributed by atoms with E-state index in [2.05, 4.69) is 44.8 Å². The molecule has 1 aromatic heterocycles. The lowest BCUT2D eigenvalue weighted by Crippen LogP contribution is -2.39. The van der Waals surface area contributed by atoms with Gasteiger partial charge in [-0.25, -0.2) is 0 Å². The summed E-state index contributed by atoms with van der Waals surface area (Å²) < 4.78 is 16.3. The number of hydrogen-bond donors (Lipinski definition) is 2. The molecule has 0 spiro atoms. The van der Waals surface area contributed by atoms with Gasteiger partial charge in [-0.05, 0) is 30.2 Å². The summed E-state index contributed by atoms with van der Waals surface area (Å²) in [5.41, 5.74) is 2.52. The molecule has 0 saturated carbocycles. The van der Waals surface area contributed by atoms with Crippen LogP contribution in [0.15, 0.2) is 52.1 Å². The number of anilines is 1. The van der Waals surface area contributed by atoms with Gasteiger partial charge in [0.05, 0.1) is 19.5 Å². The Balaban J connectivity index is 1.38. The van der Waals surface area contributed by atoms with E-state index >= 15 is 0 Å². The van der Waals surface area contributed by atoms with Crippen molar-refractivity contribution in [1.29, 1.82) is 0 Å². The van der Waals surface area contributed by atoms with Crippen LogP contribution in [0.1, 0.15) is 17.7 Å². The summed E-state index contributed by atoms with van der Waals surface area (Å²) in [7, 11) is 1.79. The molecule has 2 heterocycles. The molecule has 3 rings (SSSR count). The van der Waals surface area contributed by atoms with Gasteiger partial charge in [0.1, 0.15) is 12.4 Å². The summed E-state index contributed by atoms with van der Waals surface area (Å²) in [6, 6.07) is 12.3. The number of nitrogens with zero attached hydrogens (tertiary/aromatic N) is 2. The van der Waals surface area contributed by atoms with E-state index in [9.17, 15) is 0 Å². The average Bonchev–Trinajstić information content (AvgIpc) is 3.27. The van der Waals surface area contributed by atoms with E-state index < -0.39 is 0 Å². The molecule has 1 aliphatic heterocycles. The highest BCUT2D eigenvalue weighted by atomic mass is 16.5. The van der Waals surface area contributed by atoms with Crippen LogP contribution in [0.5, 0.6) is 0 Å². The van der Waals surface area contributed by atoms with E-state index in [0.717, 1.165) is 57.5 Å². The molecule has 0 bridgehead atoms. The zero-order valence-corrected chi connectivity index (χ0v) is 16.5. The van der Waals surface area contributed by atoms with Crippen molar-refractivity contribution in [3.8, 4) is 0 Å². The summed E-state index contributed by atoms with van der Waals surface area (Å²) in [5.74, 6) is 1.65. The van der Waals surface area contributed by atoms with Crippen LogP contribution in [0.3, 0.4) is 0 Å². The van der Waals surface area contributed by atoms with Crippen LogP contribution in [-0.2, 0) is 22.6 Å². The SMILES string of the molecule is CN=C(NCCCOCc1ccco1)NCc1ccccc1N1CCOCC1. The average molecular weight is 386 g/mol. The molecular formula is C21H30N4O3. The van der Waals surface area contributed by atoms with Gasteiger partial charge in [-0.1, -0.05) is 18.2 Å². The number of hydrogen-bond acceptors (Lipinski definition) is 5. The number of ether oxygens (including phenoxy) is 2. The van der Waals surface area contributed by atoms with E-state index in [0.29, 0.717) is 13.2 Å². The molecule has 1 saturated heterocycles. The Hall–Kier alpha value is -2.51. The highest BCUT2D eigenvalue weighted by Crippen LogP contribution is 2.21. The summed E-state index contributed by atoms with van der Waals surface area (Å²) in [6.07, 6.45) is 2.55. The van der Waals surface area contributed by atoms with Gasteiger partial charge >= 0.3 is 0 Å². The highest BCUT2D eigenvalue weighted by molar-refractivity contribution is 5.79. The van der Waals surface area contributed by atoms with Gasteiger partial charge in [-0.15, -0.1) is 0 Å². The standard InChI is InChI=1S/C21H30N4O3/c1-22-21(23-9-5-12-27-17-19-7-4-13-28-19)24-16-18-6-2-3-8-20(18)25-10-14-26-15-11-25/h2-4,6-8,13H,5,9-12,14-17H2,1H3,(H2,22,23,24). The van der Waals surface area contributed by atoms with Gasteiger partial charge in [0.2, 0.25) is 0 Å². The number of benzene rings is 1. The van der Waals surface area contributed by atoms with Crippen molar-refractivity contribution in [3.05, 3.63) is 54.0 Å². The molecule has 0 radical (unpaired) electrons. The first-order valence-electron chi connectivity index (χ1n) is 9.82. The first-order chi connectivity index (χ1) is 13.9. The number of guanidine groups is 1. The zero-order valence-electron chi connectivity index (χ0n) is 16.5. The molecule has 0 unspecified atom stereocenters. The number of morpholine rings is 1. The van der Waals surface area contributed by atoms with E-state index in [1.165, 1.54) is 11.3 Å². The predicted molar refractivity (Wildman–Crippen MR) is 111 cm³/mol. The van der Waals surface area contributed by atoms with E-state index in [1.807, 2.05) is 12.1 Å². The third-order valence-electron chi connectivity index (χ3n) is 4.60. The van der Waals surface area contributed by atoms with E-state index in [4.69, 9.17) is 13.9 Å². The lowest BCUT2D eigenvalue weighted by Gasteiger charge is -2.30. The maximum atomic E-state index is 5.60. The second-order valence-electron chi connectivity index (χ2n) is 6.57. The Labute approximate surface area is 166 Å². The second-order valence-corrected chi connectivity index (χ2v) is 6.57. The molecule has 28 heavy (non-hydrogen) atoms. The fourth-order valence-electron chi connectivity index (χ4n) is 3.12. The van der Waals surface area contributed by atoms with Crippen LogP contribution >= 0.6 is 0 Å². The normalized spacial score (nSPS) is 14.9. The van der Waals surface area contributed by atoms with Crippen molar-refractivity contribution >= 4 is 11.6 Å². The van der Waals surface area contributed by atoms with Crippen molar-refractivity contribution in [1.82, 2.24) is 10.6 Å². The van der Waals surface area contributed by atoms with Crippen molar-refractivity contribution in [2.24, 2.45) is 4.99 Å². The molecule has 7 heteroatoms.